The smallest absolute Gasteiger partial charge is 0.248 e. The van der Waals surface area contributed by atoms with Crippen molar-refractivity contribution < 1.29 is 19.2 Å². The van der Waals surface area contributed by atoms with Crippen molar-refractivity contribution >= 4 is 24.0 Å². The van der Waals surface area contributed by atoms with E-state index in [1.165, 1.54) is 6.29 Å². The molecule has 1 radical (unpaired) electrons. The largest absolute Gasteiger partial charge is 0.346 e. The molecule has 0 bridgehead atoms. The molecule has 0 fully saturated rings. The molecule has 15 heavy (non-hydrogen) atoms. The minimum Gasteiger partial charge on any atom is -0.346 e. The summed E-state index contributed by atoms with van der Waals surface area (Å²) in [6.45, 7) is 0.0944. The topological polar surface area (TPSA) is 110 Å². The summed E-state index contributed by atoms with van der Waals surface area (Å²) in [5.74, 6) is -1.76. The molecule has 7 heteroatoms. The van der Waals surface area contributed by atoms with E-state index < -0.39 is 24.3 Å². The number of imide groups is 1. The third-order valence-corrected chi connectivity index (χ3v) is 1.53. The molecule has 0 heterocycles. The second-order valence-corrected chi connectivity index (χ2v) is 2.62. The fourth-order valence-corrected chi connectivity index (χ4v) is 0.781. The quantitative estimate of drug-likeness (QED) is 0.527. The molecule has 7 nitrogen and oxygen atoms in total. The van der Waals surface area contributed by atoms with Crippen molar-refractivity contribution in [1.82, 2.24) is 10.2 Å². The number of nitrogens with two attached hydrogens (primary N) is 1. The molecule has 83 valence electrons. The molecular formula is C8H12N3O4. The molecule has 3 N–H and O–H groups in total. The van der Waals surface area contributed by atoms with E-state index >= 15 is 0 Å². The predicted molar refractivity (Wildman–Crippen MR) is 50.2 cm³/mol. The lowest BCUT2D eigenvalue weighted by Crippen LogP contribution is -2.44. The number of carbonyl (C=O) groups is 3. The van der Waals surface area contributed by atoms with Crippen LogP contribution in [0, 0.1) is 0 Å². The fraction of sp³-hybridized carbons (Fsp3) is 0.500. The zero-order chi connectivity index (χ0) is 11.8. The van der Waals surface area contributed by atoms with Crippen molar-refractivity contribution in [3.8, 4) is 0 Å². The summed E-state index contributed by atoms with van der Waals surface area (Å²) in [6.07, 6.45) is 1.43. The average molecular weight is 214 g/mol. The SMILES string of the molecule is CC(=O)N(C[C]=O)C(=O)CNC(=O)CN. The van der Waals surface area contributed by atoms with Crippen LogP contribution in [0.4, 0.5) is 0 Å². The number of carbonyl (C=O) groups excluding carboxylic acids is 4. The van der Waals surface area contributed by atoms with Crippen molar-refractivity contribution in [2.45, 2.75) is 6.92 Å². The van der Waals surface area contributed by atoms with Gasteiger partial charge in [-0.05, 0) is 0 Å². The molecule has 0 rings (SSSR count). The second-order valence-electron chi connectivity index (χ2n) is 2.62. The lowest BCUT2D eigenvalue weighted by molar-refractivity contribution is -0.142. The summed E-state index contributed by atoms with van der Waals surface area (Å²) >= 11 is 0. The van der Waals surface area contributed by atoms with E-state index in [0.717, 1.165) is 6.92 Å². The molecule has 0 aliphatic rings. The van der Waals surface area contributed by atoms with Crippen LogP contribution in [0.3, 0.4) is 0 Å². The third-order valence-electron chi connectivity index (χ3n) is 1.53. The van der Waals surface area contributed by atoms with Gasteiger partial charge < -0.3 is 11.1 Å². The van der Waals surface area contributed by atoms with E-state index in [0.29, 0.717) is 4.90 Å². The number of hydrogen-bond donors (Lipinski definition) is 2. The van der Waals surface area contributed by atoms with Gasteiger partial charge in [0, 0.05) is 6.92 Å². The first kappa shape index (κ1) is 13.2. The number of rotatable bonds is 5. The number of amides is 3. The van der Waals surface area contributed by atoms with Gasteiger partial charge in [0.05, 0.1) is 19.6 Å². The van der Waals surface area contributed by atoms with Crippen LogP contribution in [-0.4, -0.2) is 48.5 Å². The van der Waals surface area contributed by atoms with Gasteiger partial charge in [0.1, 0.15) is 0 Å². The zero-order valence-corrected chi connectivity index (χ0v) is 8.28. The van der Waals surface area contributed by atoms with Gasteiger partial charge in [0.15, 0.2) is 0 Å². The van der Waals surface area contributed by atoms with Crippen LogP contribution in [0.5, 0.6) is 0 Å². The van der Waals surface area contributed by atoms with Crippen LogP contribution in [0.1, 0.15) is 6.92 Å². The van der Waals surface area contributed by atoms with Gasteiger partial charge in [-0.2, -0.15) is 0 Å². The van der Waals surface area contributed by atoms with Gasteiger partial charge in [-0.3, -0.25) is 24.1 Å². The molecule has 0 aromatic carbocycles. The Balaban J connectivity index is 4.20. The van der Waals surface area contributed by atoms with E-state index in [1.807, 2.05) is 0 Å². The van der Waals surface area contributed by atoms with Crippen molar-refractivity contribution in [1.29, 1.82) is 0 Å². The van der Waals surface area contributed by atoms with Crippen LogP contribution in [-0.2, 0) is 19.2 Å². The molecule has 0 aliphatic carbocycles. The van der Waals surface area contributed by atoms with Crippen LogP contribution in [0.15, 0.2) is 0 Å². The molecule has 0 aromatic heterocycles. The molecular weight excluding hydrogens is 202 g/mol. The van der Waals surface area contributed by atoms with Gasteiger partial charge in [-0.1, -0.05) is 0 Å². The Morgan fingerprint density at radius 1 is 1.40 bits per heavy atom. The number of nitrogens with zero attached hydrogens (tertiary/aromatic N) is 1. The summed E-state index contributed by atoms with van der Waals surface area (Å²) in [7, 11) is 0. The molecule has 3 amide bonds. The van der Waals surface area contributed by atoms with E-state index in [2.05, 4.69) is 5.32 Å². The van der Waals surface area contributed by atoms with E-state index in [9.17, 15) is 19.2 Å². The Labute approximate surface area is 86.6 Å². The second kappa shape index (κ2) is 6.66. The molecule has 0 saturated carbocycles. The molecule has 0 atom stereocenters. The van der Waals surface area contributed by atoms with E-state index in [4.69, 9.17) is 5.73 Å². The first-order chi connectivity index (χ1) is 7.02. The Bertz CT molecular complexity index is 277. The van der Waals surface area contributed by atoms with Crippen LogP contribution in [0.25, 0.3) is 0 Å². The fourth-order valence-electron chi connectivity index (χ4n) is 0.781. The first-order valence-corrected chi connectivity index (χ1v) is 4.15. The highest BCUT2D eigenvalue weighted by Crippen LogP contribution is 1.88. The Kier molecular flexibility index (Phi) is 5.88. The molecule has 0 saturated heterocycles. The summed E-state index contributed by atoms with van der Waals surface area (Å²) in [4.78, 5) is 43.6. The number of nitrogens with one attached hydrogen (secondary N) is 1. The lowest BCUT2D eigenvalue weighted by atomic mass is 10.4. The third kappa shape index (κ3) is 4.87. The average Bonchev–Trinajstić information content (AvgIpc) is 2.21. The minimum atomic E-state index is -0.673. The maximum Gasteiger partial charge on any atom is 0.248 e. The van der Waals surface area contributed by atoms with Gasteiger partial charge in [0.2, 0.25) is 24.0 Å². The normalized spacial score (nSPS) is 9.20. The maximum absolute atomic E-state index is 11.3. The van der Waals surface area contributed by atoms with Crippen molar-refractivity contribution in [2.75, 3.05) is 19.6 Å². The van der Waals surface area contributed by atoms with Crippen LogP contribution < -0.4 is 11.1 Å². The highest BCUT2D eigenvalue weighted by Gasteiger charge is 2.17. The van der Waals surface area contributed by atoms with Crippen molar-refractivity contribution in [3.63, 3.8) is 0 Å². The van der Waals surface area contributed by atoms with E-state index in [-0.39, 0.29) is 13.1 Å². The standard InChI is InChI=1S/C8H12N3O4/c1-6(13)11(2-3-12)8(15)5-10-7(14)4-9/h2,4-5,9H2,1H3,(H,10,14). The number of hydrogen-bond acceptors (Lipinski definition) is 5. The van der Waals surface area contributed by atoms with Gasteiger partial charge in [0.25, 0.3) is 0 Å². The maximum atomic E-state index is 11.3. The van der Waals surface area contributed by atoms with Gasteiger partial charge in [-0.15, -0.1) is 0 Å². The Morgan fingerprint density at radius 2 is 2.00 bits per heavy atom. The highest BCUT2D eigenvalue weighted by molar-refractivity contribution is 5.98. The zero-order valence-electron chi connectivity index (χ0n) is 8.28. The first-order valence-electron chi connectivity index (χ1n) is 4.15. The monoisotopic (exact) mass is 214 g/mol. The minimum absolute atomic E-state index is 0.243. The van der Waals surface area contributed by atoms with Crippen LogP contribution >= 0.6 is 0 Å². The molecule has 0 unspecified atom stereocenters. The van der Waals surface area contributed by atoms with Crippen molar-refractivity contribution in [2.24, 2.45) is 5.73 Å². The molecule has 0 aliphatic heterocycles. The van der Waals surface area contributed by atoms with Gasteiger partial charge in [-0.25, -0.2) is 0 Å². The summed E-state index contributed by atoms with van der Waals surface area (Å²) in [5.41, 5.74) is 4.99. The van der Waals surface area contributed by atoms with E-state index in [1.54, 1.807) is 0 Å². The molecule has 0 spiro atoms. The summed E-state index contributed by atoms with van der Waals surface area (Å²) < 4.78 is 0. The summed E-state index contributed by atoms with van der Waals surface area (Å²) in [6, 6.07) is 0. The lowest BCUT2D eigenvalue weighted by Gasteiger charge is -2.15. The predicted octanol–water partition coefficient (Wildman–Crippen LogP) is -2.45. The summed E-state index contributed by atoms with van der Waals surface area (Å²) in [5, 5.41) is 2.19. The Hall–Kier alpha value is -1.76. The molecule has 0 aromatic rings. The van der Waals surface area contributed by atoms with Gasteiger partial charge >= 0.3 is 0 Å². The Morgan fingerprint density at radius 3 is 2.40 bits per heavy atom. The van der Waals surface area contributed by atoms with Crippen molar-refractivity contribution in [3.05, 3.63) is 0 Å². The highest BCUT2D eigenvalue weighted by atomic mass is 16.2. The van der Waals surface area contributed by atoms with Crippen LogP contribution in [0.2, 0.25) is 0 Å².